The van der Waals surface area contributed by atoms with Gasteiger partial charge in [0.05, 0.1) is 5.56 Å². The van der Waals surface area contributed by atoms with Gasteiger partial charge in [-0.1, -0.05) is 29.8 Å². The molecule has 0 unspecified atom stereocenters. The van der Waals surface area contributed by atoms with E-state index >= 15 is 0 Å². The summed E-state index contributed by atoms with van der Waals surface area (Å²) >= 11 is 0. The molecule has 0 amide bonds. The van der Waals surface area contributed by atoms with Crippen LogP contribution in [0.2, 0.25) is 0 Å². The highest BCUT2D eigenvalue weighted by atomic mass is 19.1. The first kappa shape index (κ1) is 11.3. The Morgan fingerprint density at radius 2 is 1.71 bits per heavy atom. The van der Waals surface area contributed by atoms with Crippen molar-refractivity contribution in [2.45, 2.75) is 6.92 Å². The van der Waals surface area contributed by atoms with Crippen LogP contribution in [-0.2, 0) is 0 Å². The van der Waals surface area contributed by atoms with Gasteiger partial charge in [0, 0.05) is 12.1 Å². The topological polar surface area (TPSA) is 26.1 Å². The van der Waals surface area contributed by atoms with E-state index in [2.05, 4.69) is 0 Å². The van der Waals surface area contributed by atoms with E-state index in [1.54, 1.807) is 30.3 Å². The van der Waals surface area contributed by atoms with Crippen LogP contribution in [0.4, 0.5) is 10.1 Å². The minimum atomic E-state index is -0.402. The summed E-state index contributed by atoms with van der Waals surface area (Å²) in [7, 11) is 0. The number of hydrogen-bond acceptors (Lipinski definition) is 1. The SMILES string of the molecule is Cc1ccc(/[N+]([O-])=C/c2ccccc2F)cc1. The van der Waals surface area contributed by atoms with Gasteiger partial charge in [0.2, 0.25) is 5.69 Å². The van der Waals surface area contributed by atoms with Crippen LogP contribution in [0.5, 0.6) is 0 Å². The van der Waals surface area contributed by atoms with E-state index in [9.17, 15) is 9.60 Å². The Balaban J connectivity index is 2.34. The lowest BCUT2D eigenvalue weighted by Gasteiger charge is -2.03. The Morgan fingerprint density at radius 1 is 1.06 bits per heavy atom. The largest absolute Gasteiger partial charge is 0.618 e. The van der Waals surface area contributed by atoms with Crippen molar-refractivity contribution in [3.63, 3.8) is 0 Å². The maximum atomic E-state index is 13.3. The molecule has 0 aliphatic carbocycles. The minimum Gasteiger partial charge on any atom is -0.618 e. The number of halogens is 1. The average Bonchev–Trinajstić information content (AvgIpc) is 2.33. The first-order valence-corrected chi connectivity index (χ1v) is 5.29. The van der Waals surface area contributed by atoms with Crippen molar-refractivity contribution in [1.82, 2.24) is 0 Å². The second-order valence-corrected chi connectivity index (χ2v) is 3.81. The third-order valence-electron chi connectivity index (χ3n) is 2.45. The summed E-state index contributed by atoms with van der Waals surface area (Å²) in [6.07, 6.45) is 1.24. The van der Waals surface area contributed by atoms with Crippen LogP contribution in [0.15, 0.2) is 48.5 Å². The molecule has 0 atom stereocenters. The van der Waals surface area contributed by atoms with Gasteiger partial charge >= 0.3 is 0 Å². The summed E-state index contributed by atoms with van der Waals surface area (Å²) < 4.78 is 14.0. The predicted molar refractivity (Wildman–Crippen MR) is 66.0 cm³/mol. The molecule has 0 aliphatic rings. The number of aryl methyl sites for hydroxylation is 1. The maximum absolute atomic E-state index is 13.3. The van der Waals surface area contributed by atoms with Crippen LogP contribution < -0.4 is 0 Å². The third kappa shape index (κ3) is 2.69. The Kier molecular flexibility index (Phi) is 3.19. The third-order valence-corrected chi connectivity index (χ3v) is 2.45. The highest BCUT2D eigenvalue weighted by molar-refractivity contribution is 5.76. The molecule has 0 aliphatic heterocycles. The van der Waals surface area contributed by atoms with Crippen molar-refractivity contribution >= 4 is 11.9 Å². The molecule has 0 saturated carbocycles. The molecule has 3 heteroatoms. The second-order valence-electron chi connectivity index (χ2n) is 3.81. The zero-order valence-electron chi connectivity index (χ0n) is 9.43. The molecule has 2 aromatic rings. The molecule has 0 radical (unpaired) electrons. The molecule has 0 N–H and O–H groups in total. The maximum Gasteiger partial charge on any atom is 0.216 e. The van der Waals surface area contributed by atoms with Crippen LogP contribution in [0.1, 0.15) is 11.1 Å². The molecule has 0 bridgehead atoms. The Morgan fingerprint density at radius 3 is 2.35 bits per heavy atom. The Bertz CT molecular complexity index is 546. The summed E-state index contributed by atoms with van der Waals surface area (Å²) in [5, 5.41) is 11.8. The van der Waals surface area contributed by atoms with Crippen molar-refractivity contribution in [3.05, 3.63) is 70.7 Å². The molecule has 2 nitrogen and oxygen atoms in total. The van der Waals surface area contributed by atoms with Crippen molar-refractivity contribution in [2.24, 2.45) is 0 Å². The lowest BCUT2D eigenvalue weighted by Crippen LogP contribution is -2.00. The number of benzene rings is 2. The van der Waals surface area contributed by atoms with E-state index in [0.717, 1.165) is 5.56 Å². The van der Waals surface area contributed by atoms with Gasteiger partial charge in [0.25, 0.3) is 0 Å². The van der Waals surface area contributed by atoms with E-state index in [0.29, 0.717) is 10.4 Å². The molecule has 86 valence electrons. The number of hydrogen-bond donors (Lipinski definition) is 0. The van der Waals surface area contributed by atoms with Crippen molar-refractivity contribution in [3.8, 4) is 0 Å². The zero-order chi connectivity index (χ0) is 12.3. The van der Waals surface area contributed by atoms with Crippen LogP contribution in [0.25, 0.3) is 0 Å². The monoisotopic (exact) mass is 229 g/mol. The average molecular weight is 229 g/mol. The van der Waals surface area contributed by atoms with Gasteiger partial charge in [-0.2, -0.15) is 4.74 Å². The summed E-state index contributed by atoms with van der Waals surface area (Å²) in [6.45, 7) is 1.94. The molecule has 0 aromatic heterocycles. The molecule has 2 rings (SSSR count). The molecular formula is C14H12FNO. The van der Waals surface area contributed by atoms with Crippen molar-refractivity contribution in [2.75, 3.05) is 0 Å². The molecular weight excluding hydrogens is 217 g/mol. The van der Waals surface area contributed by atoms with Crippen LogP contribution >= 0.6 is 0 Å². The van der Waals surface area contributed by atoms with Gasteiger partial charge in [-0.25, -0.2) is 4.39 Å². The fraction of sp³-hybridized carbons (Fsp3) is 0.0714. The van der Waals surface area contributed by atoms with Gasteiger partial charge in [-0.15, -0.1) is 0 Å². The van der Waals surface area contributed by atoms with Crippen LogP contribution in [-0.4, -0.2) is 11.0 Å². The fourth-order valence-corrected chi connectivity index (χ4v) is 1.47. The van der Waals surface area contributed by atoms with E-state index < -0.39 is 5.82 Å². The van der Waals surface area contributed by atoms with Crippen LogP contribution in [0, 0.1) is 17.9 Å². The van der Waals surface area contributed by atoms with Gasteiger partial charge in [-0.05, 0) is 19.1 Å². The first-order valence-electron chi connectivity index (χ1n) is 5.29. The summed E-state index contributed by atoms with van der Waals surface area (Å²) in [5.41, 5.74) is 1.84. The highest BCUT2D eigenvalue weighted by Crippen LogP contribution is 2.12. The molecule has 17 heavy (non-hydrogen) atoms. The van der Waals surface area contributed by atoms with Gasteiger partial charge < -0.3 is 5.21 Å². The van der Waals surface area contributed by atoms with Crippen molar-refractivity contribution in [1.29, 1.82) is 0 Å². The molecule has 0 heterocycles. The molecule has 0 fully saturated rings. The van der Waals surface area contributed by atoms with Crippen molar-refractivity contribution < 1.29 is 9.13 Å². The minimum absolute atomic E-state index is 0.281. The van der Waals surface area contributed by atoms with Crippen LogP contribution in [0.3, 0.4) is 0 Å². The van der Waals surface area contributed by atoms with E-state index in [-0.39, 0.29) is 5.56 Å². The fourth-order valence-electron chi connectivity index (χ4n) is 1.47. The smallest absolute Gasteiger partial charge is 0.216 e. The summed E-state index contributed by atoms with van der Waals surface area (Å²) in [5.74, 6) is -0.402. The molecule has 0 saturated heterocycles. The molecule has 0 spiro atoms. The quantitative estimate of drug-likeness (QED) is 0.335. The van der Waals surface area contributed by atoms with Gasteiger partial charge in [-0.3, -0.25) is 0 Å². The van der Waals surface area contributed by atoms with E-state index in [1.807, 2.05) is 19.1 Å². The standard InChI is InChI=1S/C14H12FNO/c1-11-6-8-13(9-7-11)16(17)10-12-4-2-3-5-14(12)15/h2-10H,1H3/b16-10-. The second kappa shape index (κ2) is 4.78. The summed E-state index contributed by atoms with van der Waals surface area (Å²) in [6, 6.07) is 13.3. The van der Waals surface area contributed by atoms with E-state index in [1.165, 1.54) is 12.3 Å². The number of nitrogens with zero attached hydrogens (tertiary/aromatic N) is 1. The lowest BCUT2D eigenvalue weighted by molar-refractivity contribution is -0.354. The highest BCUT2D eigenvalue weighted by Gasteiger charge is 2.04. The zero-order valence-corrected chi connectivity index (χ0v) is 9.43. The normalized spacial score (nSPS) is 11.5. The van der Waals surface area contributed by atoms with E-state index in [4.69, 9.17) is 0 Å². The predicted octanol–water partition coefficient (Wildman–Crippen LogP) is 3.40. The number of rotatable bonds is 2. The Labute approximate surface area is 99.2 Å². The first-order chi connectivity index (χ1) is 8.16. The Hall–Kier alpha value is -2.16. The molecule has 2 aromatic carbocycles. The lowest BCUT2D eigenvalue weighted by atomic mass is 10.2. The van der Waals surface area contributed by atoms with Gasteiger partial charge in [0.1, 0.15) is 5.82 Å². The van der Waals surface area contributed by atoms with Gasteiger partial charge in [0.15, 0.2) is 6.21 Å². The summed E-state index contributed by atoms with van der Waals surface area (Å²) in [4.78, 5) is 0.